The number of epoxide rings is 1. The largest absolute Gasteiger partial charge is 0.481 e. The molecule has 15 heteroatoms. The minimum atomic E-state index is -1.65. The zero-order chi connectivity index (χ0) is 35.4. The average molecular weight is 667 g/mol. The van der Waals surface area contributed by atoms with Crippen molar-refractivity contribution in [1.82, 2.24) is 26.8 Å². The lowest BCUT2D eigenvalue weighted by atomic mass is 10.0. The first-order valence-corrected chi connectivity index (χ1v) is 15.5. The van der Waals surface area contributed by atoms with Crippen molar-refractivity contribution in [1.29, 1.82) is 0 Å². The Morgan fingerprint density at radius 2 is 1.38 bits per heavy atom. The predicted octanol–water partition coefficient (Wildman–Crippen LogP) is -0.722. The van der Waals surface area contributed by atoms with E-state index >= 15 is 0 Å². The number of carboxylic acid groups (broad SMARTS) is 1. The number of amides is 5. The fourth-order valence-corrected chi connectivity index (χ4v) is 4.72. The number of aryl methyl sites for hydroxylation is 1. The third-order valence-corrected chi connectivity index (χ3v) is 7.52. The van der Waals surface area contributed by atoms with Crippen LogP contribution in [0.15, 0.2) is 60.7 Å². The number of carbonyl (C=O) groups is 7. The summed E-state index contributed by atoms with van der Waals surface area (Å²) < 4.78 is 5.16. The van der Waals surface area contributed by atoms with Crippen molar-refractivity contribution >= 4 is 41.3 Å². The Balaban J connectivity index is 1.48. The molecule has 3 rings (SSSR count). The number of carbonyl (C=O) groups excluding carboxylic acids is 6. The number of hydrogen-bond donors (Lipinski definition) is 7. The van der Waals surface area contributed by atoms with Gasteiger partial charge in [0.25, 0.3) is 11.8 Å². The van der Waals surface area contributed by atoms with Gasteiger partial charge in [-0.05, 0) is 36.8 Å². The first kappa shape index (κ1) is 37.3. The van der Waals surface area contributed by atoms with Crippen LogP contribution in [0.1, 0.15) is 44.7 Å². The Kier molecular flexibility index (Phi) is 13.7. The first-order chi connectivity index (χ1) is 22.8. The van der Waals surface area contributed by atoms with Crippen LogP contribution in [0, 0.1) is 5.92 Å². The van der Waals surface area contributed by atoms with Gasteiger partial charge >= 0.3 is 5.97 Å². The SMILES string of the molecule is CC(C)[C@H](NC(=O)CCc1ccccc1)C(=O)N[C@@H](C)C(=O)N[C@@H](CC(=O)O)C(=O)NNC(=O)C1OC1C(=O)C(N)Cc1ccccc1. The van der Waals surface area contributed by atoms with E-state index < -0.39 is 78.2 Å². The summed E-state index contributed by atoms with van der Waals surface area (Å²) in [4.78, 5) is 87.7. The summed E-state index contributed by atoms with van der Waals surface area (Å²) in [5.74, 6) is -6.11. The van der Waals surface area contributed by atoms with Crippen molar-refractivity contribution in [2.24, 2.45) is 11.7 Å². The van der Waals surface area contributed by atoms with Crippen LogP contribution in [0.2, 0.25) is 0 Å². The van der Waals surface area contributed by atoms with Gasteiger partial charge in [-0.25, -0.2) is 0 Å². The van der Waals surface area contributed by atoms with Crippen molar-refractivity contribution in [3.8, 4) is 0 Å². The van der Waals surface area contributed by atoms with Gasteiger partial charge in [-0.1, -0.05) is 74.5 Å². The fourth-order valence-electron chi connectivity index (χ4n) is 4.72. The molecule has 1 aliphatic rings. The zero-order valence-electron chi connectivity index (χ0n) is 26.9. The number of ether oxygens (including phenoxy) is 1. The molecule has 0 spiro atoms. The van der Waals surface area contributed by atoms with Crippen LogP contribution in [-0.2, 0) is 51.1 Å². The molecular formula is C33H42N6O9. The van der Waals surface area contributed by atoms with Crippen LogP contribution in [0.25, 0.3) is 0 Å². The third kappa shape index (κ3) is 11.6. The molecule has 0 aliphatic carbocycles. The van der Waals surface area contributed by atoms with Crippen LogP contribution < -0.4 is 32.5 Å². The van der Waals surface area contributed by atoms with Crippen molar-refractivity contribution in [2.75, 3.05) is 0 Å². The van der Waals surface area contributed by atoms with E-state index in [1.165, 1.54) is 6.92 Å². The molecule has 8 N–H and O–H groups in total. The van der Waals surface area contributed by atoms with Gasteiger partial charge in [0.05, 0.1) is 12.5 Å². The summed E-state index contributed by atoms with van der Waals surface area (Å²) in [7, 11) is 0. The molecule has 1 aliphatic heterocycles. The number of aliphatic carboxylic acids is 1. The second-order valence-electron chi connectivity index (χ2n) is 11.8. The highest BCUT2D eigenvalue weighted by Crippen LogP contribution is 2.24. The summed E-state index contributed by atoms with van der Waals surface area (Å²) >= 11 is 0. The molecule has 1 saturated heterocycles. The number of hydrogen-bond acceptors (Lipinski definition) is 9. The lowest BCUT2D eigenvalue weighted by Crippen LogP contribution is -2.58. The van der Waals surface area contributed by atoms with Crippen molar-refractivity contribution in [3.05, 3.63) is 71.8 Å². The first-order valence-electron chi connectivity index (χ1n) is 15.5. The molecule has 0 radical (unpaired) electrons. The average Bonchev–Trinajstić information content (AvgIpc) is 3.86. The molecule has 48 heavy (non-hydrogen) atoms. The standard InChI is InChI=1S/C33H42N6O9/c1-18(2)26(37-24(40)15-14-20-10-6-4-7-11-20)32(46)35-19(3)30(44)36-23(17-25(41)42)31(45)38-39-33(47)29-28(48-29)27(43)22(34)16-21-12-8-5-9-13-21/h4-13,18-19,22-23,26,28-29H,14-17,34H2,1-3H3,(H,35,46)(H,36,44)(H,37,40)(H,38,45)(H,39,47)(H,41,42)/t19-,22?,23-,26-,28?,29?/m0/s1. The summed E-state index contributed by atoms with van der Waals surface area (Å²) in [6.45, 7) is 4.76. The Morgan fingerprint density at radius 3 is 1.96 bits per heavy atom. The van der Waals surface area contributed by atoms with Gasteiger partial charge < -0.3 is 31.5 Å². The summed E-state index contributed by atoms with van der Waals surface area (Å²) in [5, 5.41) is 16.7. The molecule has 1 heterocycles. The van der Waals surface area contributed by atoms with Gasteiger partial charge in [0.15, 0.2) is 18.0 Å². The van der Waals surface area contributed by atoms with Crippen LogP contribution in [-0.4, -0.2) is 82.8 Å². The molecular weight excluding hydrogens is 624 g/mol. The number of nitrogens with two attached hydrogens (primary N) is 1. The second-order valence-corrected chi connectivity index (χ2v) is 11.8. The van der Waals surface area contributed by atoms with Crippen LogP contribution in [0.4, 0.5) is 0 Å². The van der Waals surface area contributed by atoms with E-state index in [9.17, 15) is 38.7 Å². The number of rotatable bonds is 17. The summed E-state index contributed by atoms with van der Waals surface area (Å²) in [5.41, 5.74) is 11.9. The maximum Gasteiger partial charge on any atom is 0.305 e. The molecule has 6 atom stereocenters. The molecule has 0 bridgehead atoms. The maximum absolute atomic E-state index is 13.0. The quantitative estimate of drug-likeness (QED) is 0.0826. The molecule has 15 nitrogen and oxygen atoms in total. The Hall–Kier alpha value is -5.15. The van der Waals surface area contributed by atoms with E-state index in [0.717, 1.165) is 11.1 Å². The number of hydrazine groups is 1. The van der Waals surface area contributed by atoms with Gasteiger partial charge in [-0.3, -0.25) is 44.4 Å². The molecule has 2 aromatic rings. The van der Waals surface area contributed by atoms with Crippen molar-refractivity contribution < 1.29 is 43.4 Å². The number of Topliss-reactive ketones (excluding diaryl/α,β-unsaturated/α-hetero) is 1. The van der Waals surface area contributed by atoms with Crippen molar-refractivity contribution in [2.45, 2.75) is 82.8 Å². The second kappa shape index (κ2) is 17.7. The number of carboxylic acids is 1. The molecule has 0 aromatic heterocycles. The van der Waals surface area contributed by atoms with Gasteiger partial charge in [-0.2, -0.15) is 0 Å². The molecule has 258 valence electrons. The normalized spacial score (nSPS) is 17.5. The van der Waals surface area contributed by atoms with E-state index in [0.29, 0.717) is 6.42 Å². The highest BCUT2D eigenvalue weighted by atomic mass is 16.6. The monoisotopic (exact) mass is 666 g/mol. The van der Waals surface area contributed by atoms with E-state index in [2.05, 4.69) is 21.4 Å². The number of ketones is 1. The fraction of sp³-hybridized carbons (Fsp3) is 0.424. The highest BCUT2D eigenvalue weighted by molar-refractivity contribution is 6.00. The number of nitrogens with one attached hydrogen (secondary N) is 5. The minimum absolute atomic E-state index is 0.144. The zero-order valence-corrected chi connectivity index (χ0v) is 26.9. The molecule has 2 aromatic carbocycles. The van der Waals surface area contributed by atoms with Gasteiger partial charge in [0.2, 0.25) is 17.7 Å². The van der Waals surface area contributed by atoms with Gasteiger partial charge in [0, 0.05) is 6.42 Å². The highest BCUT2D eigenvalue weighted by Gasteiger charge is 2.51. The third-order valence-electron chi connectivity index (χ3n) is 7.52. The van der Waals surface area contributed by atoms with E-state index in [1.54, 1.807) is 38.1 Å². The van der Waals surface area contributed by atoms with Crippen LogP contribution >= 0.6 is 0 Å². The Morgan fingerprint density at radius 1 is 0.771 bits per heavy atom. The minimum Gasteiger partial charge on any atom is -0.481 e. The summed E-state index contributed by atoms with van der Waals surface area (Å²) in [6, 6.07) is 13.6. The van der Waals surface area contributed by atoms with Crippen molar-refractivity contribution in [3.63, 3.8) is 0 Å². The predicted molar refractivity (Wildman–Crippen MR) is 171 cm³/mol. The Labute approximate surface area is 277 Å². The molecule has 0 saturated carbocycles. The van der Waals surface area contributed by atoms with E-state index in [-0.39, 0.29) is 24.7 Å². The van der Waals surface area contributed by atoms with Crippen LogP contribution in [0.5, 0.6) is 0 Å². The van der Waals surface area contributed by atoms with Gasteiger partial charge in [0.1, 0.15) is 18.1 Å². The van der Waals surface area contributed by atoms with E-state index in [4.69, 9.17) is 10.5 Å². The van der Waals surface area contributed by atoms with E-state index in [1.807, 2.05) is 41.8 Å². The summed E-state index contributed by atoms with van der Waals surface area (Å²) in [6.07, 6.45) is -2.32. The topological polar surface area (TPSA) is 238 Å². The maximum atomic E-state index is 13.0. The van der Waals surface area contributed by atoms with Crippen LogP contribution in [0.3, 0.4) is 0 Å². The molecule has 1 fully saturated rings. The smallest absolute Gasteiger partial charge is 0.305 e. The lowest BCUT2D eigenvalue weighted by Gasteiger charge is -2.25. The Bertz CT molecular complexity index is 1470. The molecule has 5 amide bonds. The molecule has 3 unspecified atom stereocenters. The lowest BCUT2D eigenvalue weighted by molar-refractivity contribution is -0.141. The van der Waals surface area contributed by atoms with Gasteiger partial charge in [-0.15, -0.1) is 0 Å². The number of benzene rings is 2.